The summed E-state index contributed by atoms with van der Waals surface area (Å²) in [6.07, 6.45) is 3.20. The Morgan fingerprint density at radius 2 is 2.32 bits per heavy atom. The van der Waals surface area contributed by atoms with E-state index in [9.17, 15) is 0 Å². The first kappa shape index (κ1) is 13.9. The van der Waals surface area contributed by atoms with Gasteiger partial charge in [-0.2, -0.15) is 0 Å². The van der Waals surface area contributed by atoms with Crippen molar-refractivity contribution in [2.75, 3.05) is 19.8 Å². The molecule has 0 bridgehead atoms. The first-order valence-corrected chi connectivity index (χ1v) is 6.97. The Hall–Kier alpha value is -1.48. The molecule has 1 aromatic carbocycles. The third-order valence-corrected chi connectivity index (χ3v) is 3.15. The average molecular weight is 261 g/mol. The van der Waals surface area contributed by atoms with Crippen molar-refractivity contribution in [1.29, 1.82) is 0 Å². The van der Waals surface area contributed by atoms with Crippen molar-refractivity contribution in [3.05, 3.63) is 35.4 Å². The summed E-state index contributed by atoms with van der Waals surface area (Å²) in [5.74, 6) is 1.82. The molecule has 1 N–H and O–H groups in total. The average Bonchev–Trinajstić information content (AvgIpc) is 2.78. The summed E-state index contributed by atoms with van der Waals surface area (Å²) in [5.41, 5.74) is 2.50. The van der Waals surface area contributed by atoms with E-state index in [1.807, 2.05) is 12.1 Å². The fourth-order valence-corrected chi connectivity index (χ4v) is 2.07. The summed E-state index contributed by atoms with van der Waals surface area (Å²) < 4.78 is 11.4. The molecule has 1 unspecified atom stereocenters. The lowest BCUT2D eigenvalue weighted by Crippen LogP contribution is -2.22. The number of ether oxygens (including phenoxy) is 2. The molecular formula is C16H23NO2. The van der Waals surface area contributed by atoms with Crippen LogP contribution in [0.4, 0.5) is 0 Å². The summed E-state index contributed by atoms with van der Waals surface area (Å²) in [4.78, 5) is 0. The van der Waals surface area contributed by atoms with Gasteiger partial charge in [-0.25, -0.2) is 0 Å². The van der Waals surface area contributed by atoms with Crippen molar-refractivity contribution < 1.29 is 9.47 Å². The molecule has 3 heteroatoms. The van der Waals surface area contributed by atoms with Crippen LogP contribution < -0.4 is 14.8 Å². The molecule has 0 amide bonds. The second-order valence-corrected chi connectivity index (χ2v) is 5.11. The predicted octanol–water partition coefficient (Wildman–Crippen LogP) is 3.46. The van der Waals surface area contributed by atoms with Gasteiger partial charge in [0, 0.05) is 11.6 Å². The second kappa shape index (κ2) is 6.62. The minimum absolute atomic E-state index is 0.321. The molecule has 0 saturated carbocycles. The van der Waals surface area contributed by atoms with Gasteiger partial charge in [0.1, 0.15) is 24.7 Å². The predicted molar refractivity (Wildman–Crippen MR) is 77.9 cm³/mol. The van der Waals surface area contributed by atoms with Crippen molar-refractivity contribution in [3.8, 4) is 11.5 Å². The van der Waals surface area contributed by atoms with E-state index in [1.54, 1.807) is 0 Å². The van der Waals surface area contributed by atoms with Gasteiger partial charge in [-0.3, -0.25) is 0 Å². The minimum atomic E-state index is 0.321. The van der Waals surface area contributed by atoms with Gasteiger partial charge in [0.05, 0.1) is 6.04 Å². The van der Waals surface area contributed by atoms with Crippen LogP contribution in [-0.4, -0.2) is 19.8 Å². The van der Waals surface area contributed by atoms with Gasteiger partial charge in [-0.05, 0) is 45.0 Å². The molecule has 1 aliphatic rings. The van der Waals surface area contributed by atoms with Crippen LogP contribution in [0, 0.1) is 0 Å². The molecule has 0 spiro atoms. The van der Waals surface area contributed by atoms with Gasteiger partial charge >= 0.3 is 0 Å². The number of nitrogens with one attached hydrogen (secondary N) is 1. The van der Waals surface area contributed by atoms with Crippen molar-refractivity contribution in [3.63, 3.8) is 0 Å². The van der Waals surface area contributed by atoms with Crippen LogP contribution in [0.15, 0.2) is 29.8 Å². The first-order valence-electron chi connectivity index (χ1n) is 6.97. The Bertz CT molecular complexity index is 450. The van der Waals surface area contributed by atoms with Crippen molar-refractivity contribution in [2.24, 2.45) is 0 Å². The summed E-state index contributed by atoms with van der Waals surface area (Å²) >= 11 is 0. The molecule has 3 nitrogen and oxygen atoms in total. The molecular weight excluding hydrogens is 238 g/mol. The third-order valence-electron chi connectivity index (χ3n) is 3.15. The maximum absolute atomic E-state index is 5.72. The van der Waals surface area contributed by atoms with E-state index in [0.29, 0.717) is 19.3 Å². The van der Waals surface area contributed by atoms with Crippen LogP contribution in [-0.2, 0) is 0 Å². The van der Waals surface area contributed by atoms with Crippen LogP contribution in [0.3, 0.4) is 0 Å². The van der Waals surface area contributed by atoms with Gasteiger partial charge in [0.15, 0.2) is 0 Å². The van der Waals surface area contributed by atoms with Crippen LogP contribution in [0.5, 0.6) is 11.5 Å². The third kappa shape index (κ3) is 3.74. The van der Waals surface area contributed by atoms with Gasteiger partial charge in [0.2, 0.25) is 0 Å². The standard InChI is InChI=1S/C16H23NO2/c1-4-8-17-15-11-19-16-10-13(5-6-14(15)16)18-9-7-12(2)3/h5-7,10,15,17H,4,8-9,11H2,1-3H3. The molecule has 0 aliphatic carbocycles. The lowest BCUT2D eigenvalue weighted by atomic mass is 10.1. The molecule has 19 heavy (non-hydrogen) atoms. The zero-order valence-electron chi connectivity index (χ0n) is 12.0. The SMILES string of the molecule is CCCNC1COc2cc(OCC=C(C)C)ccc21. The molecule has 0 radical (unpaired) electrons. The largest absolute Gasteiger partial charge is 0.491 e. The fourth-order valence-electron chi connectivity index (χ4n) is 2.07. The second-order valence-electron chi connectivity index (χ2n) is 5.11. The Kier molecular flexibility index (Phi) is 4.86. The maximum Gasteiger partial charge on any atom is 0.128 e. The molecule has 0 saturated heterocycles. The highest BCUT2D eigenvalue weighted by Crippen LogP contribution is 2.35. The highest BCUT2D eigenvalue weighted by atomic mass is 16.5. The Labute approximate surface area is 115 Å². The highest BCUT2D eigenvalue weighted by Gasteiger charge is 2.23. The van der Waals surface area contributed by atoms with Gasteiger partial charge in [-0.15, -0.1) is 0 Å². The summed E-state index contributed by atoms with van der Waals surface area (Å²) in [7, 11) is 0. The van der Waals surface area contributed by atoms with Gasteiger partial charge in [-0.1, -0.05) is 12.5 Å². The zero-order valence-corrected chi connectivity index (χ0v) is 12.0. The van der Waals surface area contributed by atoms with E-state index in [4.69, 9.17) is 9.47 Å². The Morgan fingerprint density at radius 3 is 3.05 bits per heavy atom. The van der Waals surface area contributed by atoms with Crippen LogP contribution in [0.2, 0.25) is 0 Å². The van der Waals surface area contributed by atoms with E-state index >= 15 is 0 Å². The zero-order chi connectivity index (χ0) is 13.7. The molecule has 1 atom stereocenters. The topological polar surface area (TPSA) is 30.5 Å². The number of hydrogen-bond acceptors (Lipinski definition) is 3. The first-order chi connectivity index (χ1) is 9.20. The quantitative estimate of drug-likeness (QED) is 0.795. The number of allylic oxidation sites excluding steroid dienone is 1. The van der Waals surface area contributed by atoms with Crippen molar-refractivity contribution >= 4 is 0 Å². The highest BCUT2D eigenvalue weighted by molar-refractivity contribution is 5.45. The van der Waals surface area contributed by atoms with E-state index in [2.05, 4.69) is 38.2 Å². The Balaban J connectivity index is 1.99. The normalized spacial score (nSPS) is 16.7. The lowest BCUT2D eigenvalue weighted by molar-refractivity contribution is 0.309. The fraction of sp³-hybridized carbons (Fsp3) is 0.500. The van der Waals surface area contributed by atoms with Crippen molar-refractivity contribution in [2.45, 2.75) is 33.2 Å². The lowest BCUT2D eigenvalue weighted by Gasteiger charge is -2.10. The van der Waals surface area contributed by atoms with Crippen LogP contribution in [0.25, 0.3) is 0 Å². The summed E-state index contributed by atoms with van der Waals surface area (Å²) in [5, 5.41) is 3.49. The van der Waals surface area contributed by atoms with E-state index in [1.165, 1.54) is 11.1 Å². The molecule has 104 valence electrons. The molecule has 1 aromatic rings. The smallest absolute Gasteiger partial charge is 0.128 e. The number of rotatable bonds is 6. The van der Waals surface area contributed by atoms with E-state index in [-0.39, 0.29) is 0 Å². The van der Waals surface area contributed by atoms with E-state index < -0.39 is 0 Å². The molecule has 0 aromatic heterocycles. The van der Waals surface area contributed by atoms with Gasteiger partial charge < -0.3 is 14.8 Å². The van der Waals surface area contributed by atoms with Crippen molar-refractivity contribution in [1.82, 2.24) is 5.32 Å². The number of benzene rings is 1. The Morgan fingerprint density at radius 1 is 1.47 bits per heavy atom. The molecule has 1 heterocycles. The summed E-state index contributed by atoms with van der Waals surface area (Å²) in [6, 6.07) is 6.43. The van der Waals surface area contributed by atoms with E-state index in [0.717, 1.165) is 24.5 Å². The minimum Gasteiger partial charge on any atom is -0.491 e. The molecule has 1 aliphatic heterocycles. The number of fused-ring (bicyclic) bond motifs is 1. The van der Waals surface area contributed by atoms with Crippen LogP contribution >= 0.6 is 0 Å². The monoisotopic (exact) mass is 261 g/mol. The van der Waals surface area contributed by atoms with Crippen LogP contribution in [0.1, 0.15) is 38.8 Å². The maximum atomic E-state index is 5.72. The molecule has 2 rings (SSSR count). The number of hydrogen-bond donors (Lipinski definition) is 1. The summed E-state index contributed by atoms with van der Waals surface area (Å²) in [6.45, 7) is 8.65. The molecule has 0 fully saturated rings. The van der Waals surface area contributed by atoms with Gasteiger partial charge in [0.25, 0.3) is 0 Å².